The van der Waals surface area contributed by atoms with Crippen molar-refractivity contribution in [3.05, 3.63) is 83.1 Å². The Morgan fingerprint density at radius 3 is 1.92 bits per heavy atom. The number of rotatable bonds is 5. The molecular formula is C21H22N2O3. The zero-order valence-corrected chi connectivity index (χ0v) is 14.9. The molecule has 0 saturated carbocycles. The highest BCUT2D eigenvalue weighted by Crippen LogP contribution is 2.29. The lowest BCUT2D eigenvalue weighted by atomic mass is 10.0. The maximum Gasteiger partial charge on any atom is 0.355 e. The van der Waals surface area contributed by atoms with Crippen LogP contribution < -0.4 is 5.73 Å². The molecule has 1 fully saturated rings. The van der Waals surface area contributed by atoms with Gasteiger partial charge in [0.2, 0.25) is 5.91 Å². The van der Waals surface area contributed by atoms with Gasteiger partial charge >= 0.3 is 5.97 Å². The molecule has 1 unspecified atom stereocenters. The standard InChI is InChI=1S/C21H22N2O3/c1-14(2)18(23-13-17(22)20(23)24)21(25)26-19(15-9-5-3-6-10-15)16-11-7-4-8-12-16/h3-12,17,19H,13,22H2,1-2H3. The molecule has 3 rings (SSSR count). The summed E-state index contributed by atoms with van der Waals surface area (Å²) in [6.07, 6.45) is -0.552. The van der Waals surface area contributed by atoms with Crippen LogP contribution in [-0.2, 0) is 14.3 Å². The first-order valence-electron chi connectivity index (χ1n) is 8.54. The van der Waals surface area contributed by atoms with E-state index >= 15 is 0 Å². The van der Waals surface area contributed by atoms with Crippen LogP contribution in [0.4, 0.5) is 0 Å². The van der Waals surface area contributed by atoms with Crippen LogP contribution in [-0.4, -0.2) is 29.4 Å². The molecule has 2 N–H and O–H groups in total. The number of nitrogens with two attached hydrogens (primary N) is 1. The molecule has 1 atom stereocenters. The van der Waals surface area contributed by atoms with Crippen molar-refractivity contribution >= 4 is 11.9 Å². The number of likely N-dealkylation sites (tertiary alicyclic amines) is 1. The minimum absolute atomic E-state index is 0.255. The number of allylic oxidation sites excluding steroid dienone is 1. The molecule has 5 nitrogen and oxygen atoms in total. The summed E-state index contributed by atoms with van der Waals surface area (Å²) >= 11 is 0. The van der Waals surface area contributed by atoms with E-state index < -0.39 is 18.1 Å². The molecule has 26 heavy (non-hydrogen) atoms. The minimum atomic E-state index is -0.552. The SMILES string of the molecule is CC(C)=C(C(=O)OC(c1ccccc1)c1ccccc1)N1CC(N)C1=O. The minimum Gasteiger partial charge on any atom is -0.448 e. The van der Waals surface area contributed by atoms with Crippen LogP contribution in [0.25, 0.3) is 0 Å². The number of hydrogen-bond acceptors (Lipinski definition) is 4. The zero-order valence-electron chi connectivity index (χ0n) is 14.9. The molecule has 0 bridgehead atoms. The van der Waals surface area contributed by atoms with Crippen molar-refractivity contribution in [1.82, 2.24) is 4.90 Å². The summed E-state index contributed by atoms with van der Waals surface area (Å²) in [5.41, 5.74) is 8.39. The molecule has 1 saturated heterocycles. The predicted octanol–water partition coefficient (Wildman–Crippen LogP) is 2.78. The van der Waals surface area contributed by atoms with Crippen molar-refractivity contribution in [2.75, 3.05) is 6.54 Å². The number of nitrogens with zero attached hydrogens (tertiary/aromatic N) is 1. The van der Waals surface area contributed by atoms with Gasteiger partial charge in [-0.25, -0.2) is 4.79 Å². The third kappa shape index (κ3) is 3.53. The van der Waals surface area contributed by atoms with Crippen LogP contribution in [0.2, 0.25) is 0 Å². The number of benzene rings is 2. The summed E-state index contributed by atoms with van der Waals surface area (Å²) in [6, 6.07) is 18.5. The van der Waals surface area contributed by atoms with E-state index in [0.717, 1.165) is 16.7 Å². The first kappa shape index (κ1) is 17.9. The van der Waals surface area contributed by atoms with Gasteiger partial charge in [-0.05, 0) is 30.5 Å². The number of esters is 1. The van der Waals surface area contributed by atoms with Gasteiger partial charge in [0.15, 0.2) is 6.10 Å². The largest absolute Gasteiger partial charge is 0.448 e. The second-order valence-corrected chi connectivity index (χ2v) is 6.51. The van der Waals surface area contributed by atoms with Gasteiger partial charge in [0.05, 0.1) is 6.54 Å². The molecule has 0 aromatic heterocycles. The molecule has 1 aliphatic heterocycles. The average Bonchev–Trinajstić information content (AvgIpc) is 2.66. The van der Waals surface area contributed by atoms with Gasteiger partial charge in [0.1, 0.15) is 11.7 Å². The van der Waals surface area contributed by atoms with Gasteiger partial charge in [0, 0.05) is 0 Å². The topological polar surface area (TPSA) is 72.6 Å². The number of hydrogen-bond donors (Lipinski definition) is 1. The Morgan fingerprint density at radius 1 is 1.04 bits per heavy atom. The summed E-state index contributed by atoms with van der Waals surface area (Å²) in [7, 11) is 0. The average molecular weight is 350 g/mol. The molecule has 2 aromatic rings. The number of β-lactam (4-membered cyclic amide) rings is 1. The Bertz CT molecular complexity index is 787. The van der Waals surface area contributed by atoms with Crippen molar-refractivity contribution < 1.29 is 14.3 Å². The molecule has 0 radical (unpaired) electrons. The normalized spacial score (nSPS) is 16.2. The summed E-state index contributed by atoms with van der Waals surface area (Å²) in [5, 5.41) is 0. The highest BCUT2D eigenvalue weighted by Gasteiger charge is 2.40. The van der Waals surface area contributed by atoms with E-state index in [0.29, 0.717) is 6.54 Å². The molecule has 1 aliphatic rings. The first-order valence-corrected chi connectivity index (χ1v) is 8.54. The number of carbonyl (C=O) groups is 2. The monoisotopic (exact) mass is 350 g/mol. The molecule has 2 aromatic carbocycles. The second-order valence-electron chi connectivity index (χ2n) is 6.51. The van der Waals surface area contributed by atoms with Gasteiger partial charge in [-0.1, -0.05) is 60.7 Å². The highest BCUT2D eigenvalue weighted by atomic mass is 16.5. The van der Waals surface area contributed by atoms with Crippen molar-refractivity contribution in [3.63, 3.8) is 0 Å². The number of amides is 1. The molecular weight excluding hydrogens is 328 g/mol. The van der Waals surface area contributed by atoms with E-state index in [2.05, 4.69) is 0 Å². The second kappa shape index (κ2) is 7.54. The third-order valence-electron chi connectivity index (χ3n) is 4.33. The van der Waals surface area contributed by atoms with Gasteiger partial charge in [-0.15, -0.1) is 0 Å². The summed E-state index contributed by atoms with van der Waals surface area (Å²) < 4.78 is 5.85. The van der Waals surface area contributed by atoms with Crippen LogP contribution in [0.1, 0.15) is 31.1 Å². The molecule has 134 valence electrons. The van der Waals surface area contributed by atoms with Crippen LogP contribution in [0, 0.1) is 0 Å². The highest BCUT2D eigenvalue weighted by molar-refractivity contribution is 5.99. The quantitative estimate of drug-likeness (QED) is 0.511. The van der Waals surface area contributed by atoms with Gasteiger partial charge in [-0.2, -0.15) is 0 Å². The Balaban J connectivity index is 1.90. The number of carbonyl (C=O) groups excluding carboxylic acids is 2. The van der Waals surface area contributed by atoms with E-state index in [9.17, 15) is 9.59 Å². The van der Waals surface area contributed by atoms with Crippen molar-refractivity contribution in [3.8, 4) is 0 Å². The molecule has 1 heterocycles. The Hall–Kier alpha value is -2.92. The smallest absolute Gasteiger partial charge is 0.355 e. The van der Waals surface area contributed by atoms with E-state index in [1.165, 1.54) is 4.90 Å². The van der Waals surface area contributed by atoms with E-state index in [-0.39, 0.29) is 11.6 Å². The van der Waals surface area contributed by atoms with Crippen LogP contribution in [0.5, 0.6) is 0 Å². The van der Waals surface area contributed by atoms with Crippen molar-refractivity contribution in [1.29, 1.82) is 0 Å². The maximum absolute atomic E-state index is 12.9. The lowest BCUT2D eigenvalue weighted by molar-refractivity contribution is -0.151. The molecule has 0 spiro atoms. The van der Waals surface area contributed by atoms with Crippen LogP contribution in [0.15, 0.2) is 71.9 Å². The molecule has 1 amide bonds. The first-order chi connectivity index (χ1) is 12.5. The lowest BCUT2D eigenvalue weighted by Gasteiger charge is -2.37. The van der Waals surface area contributed by atoms with Crippen molar-refractivity contribution in [2.24, 2.45) is 5.73 Å². The van der Waals surface area contributed by atoms with E-state index in [4.69, 9.17) is 10.5 Å². The fraction of sp³-hybridized carbons (Fsp3) is 0.238. The zero-order chi connectivity index (χ0) is 18.7. The van der Waals surface area contributed by atoms with Crippen LogP contribution in [0.3, 0.4) is 0 Å². The van der Waals surface area contributed by atoms with Gasteiger partial charge < -0.3 is 15.4 Å². The van der Waals surface area contributed by atoms with Crippen LogP contribution >= 0.6 is 0 Å². The predicted molar refractivity (Wildman–Crippen MR) is 98.9 cm³/mol. The summed E-state index contributed by atoms with van der Waals surface area (Å²) in [5.74, 6) is -0.780. The summed E-state index contributed by atoms with van der Waals surface area (Å²) in [4.78, 5) is 26.3. The Kier molecular flexibility index (Phi) is 5.19. The Morgan fingerprint density at radius 2 is 1.54 bits per heavy atom. The van der Waals surface area contributed by atoms with Crippen molar-refractivity contribution in [2.45, 2.75) is 26.0 Å². The fourth-order valence-corrected chi connectivity index (χ4v) is 2.99. The van der Waals surface area contributed by atoms with Gasteiger partial charge in [0.25, 0.3) is 0 Å². The third-order valence-corrected chi connectivity index (χ3v) is 4.33. The lowest BCUT2D eigenvalue weighted by Crippen LogP contribution is -2.61. The number of ether oxygens (including phenoxy) is 1. The molecule has 5 heteroatoms. The van der Waals surface area contributed by atoms with E-state index in [1.54, 1.807) is 13.8 Å². The van der Waals surface area contributed by atoms with Gasteiger partial charge in [-0.3, -0.25) is 4.79 Å². The molecule has 0 aliphatic carbocycles. The Labute approximate surface area is 153 Å². The fourth-order valence-electron chi connectivity index (χ4n) is 2.99. The maximum atomic E-state index is 12.9. The van der Waals surface area contributed by atoms with E-state index in [1.807, 2.05) is 60.7 Å². The summed E-state index contributed by atoms with van der Waals surface area (Å²) in [6.45, 7) is 3.90.